The first kappa shape index (κ1) is 15.4. The van der Waals surface area contributed by atoms with Crippen LogP contribution in [0.1, 0.15) is 49.2 Å². The van der Waals surface area contributed by atoms with Gasteiger partial charge in [-0.15, -0.1) is 0 Å². The minimum Gasteiger partial charge on any atom is -0.342 e. The van der Waals surface area contributed by atoms with Gasteiger partial charge in [0.1, 0.15) is 12.2 Å². The van der Waals surface area contributed by atoms with E-state index in [1.807, 2.05) is 4.90 Å². The molecule has 126 valence electrons. The Bertz CT molecular complexity index is 726. The van der Waals surface area contributed by atoms with Crippen molar-refractivity contribution in [1.29, 1.82) is 0 Å². The van der Waals surface area contributed by atoms with Gasteiger partial charge in [-0.3, -0.25) is 4.79 Å². The Labute approximate surface area is 142 Å². The van der Waals surface area contributed by atoms with Crippen LogP contribution in [0.2, 0.25) is 0 Å². The maximum atomic E-state index is 12.3. The molecule has 4 rings (SSSR count). The number of hydrogen-bond donors (Lipinski definition) is 0. The Kier molecular flexibility index (Phi) is 3.87. The molecular weight excluding hydrogens is 300 g/mol. The number of likely N-dealkylation sites (tertiary alicyclic amines) is 1. The number of nitrogens with zero attached hydrogens (tertiary/aromatic N) is 4. The fourth-order valence-electron chi connectivity index (χ4n) is 4.10. The third kappa shape index (κ3) is 2.72. The lowest BCUT2D eigenvalue weighted by atomic mass is 10.1. The van der Waals surface area contributed by atoms with E-state index < -0.39 is 0 Å². The van der Waals surface area contributed by atoms with E-state index in [0.29, 0.717) is 18.4 Å². The third-order valence-electron chi connectivity index (χ3n) is 5.14. The molecule has 1 fully saturated rings. The Hall–Kier alpha value is -2.17. The first-order valence-electron chi connectivity index (χ1n) is 8.85. The highest BCUT2D eigenvalue weighted by atomic mass is 16.2. The van der Waals surface area contributed by atoms with Gasteiger partial charge in [0.15, 0.2) is 0 Å². The van der Waals surface area contributed by atoms with Crippen LogP contribution in [0.4, 0.5) is 0 Å². The van der Waals surface area contributed by atoms with Crippen LogP contribution < -0.4 is 0 Å². The molecule has 0 spiro atoms. The summed E-state index contributed by atoms with van der Waals surface area (Å²) in [5.41, 5.74) is 2.82. The molecule has 24 heavy (non-hydrogen) atoms. The van der Waals surface area contributed by atoms with E-state index in [-0.39, 0.29) is 11.8 Å². The molecule has 2 heterocycles. The van der Waals surface area contributed by atoms with Gasteiger partial charge < -0.3 is 4.90 Å². The van der Waals surface area contributed by atoms with Crippen molar-refractivity contribution in [2.45, 2.75) is 45.1 Å². The topological polar surface area (TPSA) is 51.0 Å². The average Bonchev–Trinajstić information content (AvgIpc) is 3.24. The number of fused-ring (bicyclic) bond motifs is 1. The zero-order valence-corrected chi connectivity index (χ0v) is 14.4. The number of hydrogen-bond acceptors (Lipinski definition) is 3. The van der Waals surface area contributed by atoms with E-state index in [9.17, 15) is 4.79 Å². The van der Waals surface area contributed by atoms with Crippen molar-refractivity contribution in [3.05, 3.63) is 47.5 Å². The van der Waals surface area contributed by atoms with E-state index in [2.05, 4.69) is 52.9 Å². The summed E-state index contributed by atoms with van der Waals surface area (Å²) in [6.45, 7) is 5.91. The van der Waals surface area contributed by atoms with Gasteiger partial charge in [0.05, 0.1) is 6.04 Å². The predicted octanol–water partition coefficient (Wildman–Crippen LogP) is 2.59. The predicted molar refractivity (Wildman–Crippen MR) is 91.7 cm³/mol. The van der Waals surface area contributed by atoms with Crippen LogP contribution in [-0.2, 0) is 17.6 Å². The van der Waals surface area contributed by atoms with Gasteiger partial charge in [-0.25, -0.2) is 9.67 Å². The smallest absolute Gasteiger partial charge is 0.223 e. The number of aromatic nitrogens is 3. The monoisotopic (exact) mass is 324 g/mol. The number of amides is 1. The standard InChI is InChI=1S/C19H24N4O/c1-13(2)10-22-11-16(9-18(22)24)19-20-12-21-23(19)17-7-14-5-3-4-6-15(14)8-17/h3-6,12-13,16-17H,7-11H2,1-2H3/t16-/m1/s1. The van der Waals surface area contributed by atoms with Crippen LogP contribution in [-0.4, -0.2) is 38.7 Å². The fourth-order valence-corrected chi connectivity index (χ4v) is 4.10. The van der Waals surface area contributed by atoms with Gasteiger partial charge in [0, 0.05) is 25.4 Å². The molecule has 2 aliphatic rings. The highest BCUT2D eigenvalue weighted by Crippen LogP contribution is 2.34. The SMILES string of the molecule is CC(C)CN1C[C@H](c2ncnn2C2Cc3ccccc3C2)CC1=O. The first-order valence-corrected chi connectivity index (χ1v) is 8.85. The molecule has 5 nitrogen and oxygen atoms in total. The third-order valence-corrected chi connectivity index (χ3v) is 5.14. The quantitative estimate of drug-likeness (QED) is 0.868. The number of carbonyl (C=O) groups is 1. The molecule has 0 unspecified atom stereocenters. The van der Waals surface area contributed by atoms with Crippen molar-refractivity contribution in [1.82, 2.24) is 19.7 Å². The summed E-state index contributed by atoms with van der Waals surface area (Å²) in [6, 6.07) is 8.94. The highest BCUT2D eigenvalue weighted by molar-refractivity contribution is 5.79. The molecule has 1 aromatic heterocycles. The molecule has 2 aromatic rings. The lowest BCUT2D eigenvalue weighted by Gasteiger charge is -2.19. The lowest BCUT2D eigenvalue weighted by Crippen LogP contribution is -2.29. The molecule has 1 aromatic carbocycles. The van der Waals surface area contributed by atoms with Gasteiger partial charge in [0.25, 0.3) is 0 Å². The summed E-state index contributed by atoms with van der Waals surface area (Å²) < 4.78 is 2.08. The Morgan fingerprint density at radius 3 is 2.54 bits per heavy atom. The maximum absolute atomic E-state index is 12.3. The highest BCUT2D eigenvalue weighted by Gasteiger charge is 2.35. The van der Waals surface area contributed by atoms with Crippen molar-refractivity contribution < 1.29 is 4.79 Å². The van der Waals surface area contributed by atoms with E-state index in [4.69, 9.17) is 0 Å². The van der Waals surface area contributed by atoms with Crippen molar-refractivity contribution in [2.75, 3.05) is 13.1 Å². The number of carbonyl (C=O) groups excluding carboxylic acids is 1. The Morgan fingerprint density at radius 2 is 1.88 bits per heavy atom. The summed E-state index contributed by atoms with van der Waals surface area (Å²) in [6.07, 6.45) is 4.21. The average molecular weight is 324 g/mol. The second-order valence-electron chi connectivity index (χ2n) is 7.49. The number of rotatable bonds is 4. The minimum absolute atomic E-state index is 0.169. The zero-order chi connectivity index (χ0) is 16.7. The van der Waals surface area contributed by atoms with Gasteiger partial charge in [-0.2, -0.15) is 5.10 Å². The zero-order valence-electron chi connectivity index (χ0n) is 14.4. The second-order valence-corrected chi connectivity index (χ2v) is 7.49. The molecule has 1 atom stereocenters. The molecule has 0 radical (unpaired) electrons. The summed E-state index contributed by atoms with van der Waals surface area (Å²) in [4.78, 5) is 18.8. The summed E-state index contributed by atoms with van der Waals surface area (Å²) >= 11 is 0. The van der Waals surface area contributed by atoms with Gasteiger partial charge in [0.2, 0.25) is 5.91 Å². The van der Waals surface area contributed by atoms with E-state index >= 15 is 0 Å². The lowest BCUT2D eigenvalue weighted by molar-refractivity contribution is -0.128. The molecule has 0 bridgehead atoms. The van der Waals surface area contributed by atoms with Crippen molar-refractivity contribution >= 4 is 5.91 Å². The van der Waals surface area contributed by atoms with Crippen LogP contribution in [0, 0.1) is 5.92 Å². The molecular formula is C19H24N4O. The van der Waals surface area contributed by atoms with Gasteiger partial charge in [-0.05, 0) is 29.9 Å². The Balaban J connectivity index is 1.53. The summed E-state index contributed by atoms with van der Waals surface area (Å²) in [5.74, 6) is 1.89. The summed E-state index contributed by atoms with van der Waals surface area (Å²) in [5, 5.41) is 4.51. The van der Waals surface area contributed by atoms with E-state index in [1.54, 1.807) is 6.33 Å². The van der Waals surface area contributed by atoms with Crippen LogP contribution >= 0.6 is 0 Å². The summed E-state index contributed by atoms with van der Waals surface area (Å²) in [7, 11) is 0. The molecule has 1 saturated heterocycles. The molecule has 1 aliphatic heterocycles. The second kappa shape index (κ2) is 6.04. The van der Waals surface area contributed by atoms with Crippen LogP contribution in [0.25, 0.3) is 0 Å². The number of benzene rings is 1. The van der Waals surface area contributed by atoms with Crippen molar-refractivity contribution in [2.24, 2.45) is 5.92 Å². The molecule has 1 aliphatic carbocycles. The maximum Gasteiger partial charge on any atom is 0.223 e. The van der Waals surface area contributed by atoms with Gasteiger partial charge in [-0.1, -0.05) is 38.1 Å². The van der Waals surface area contributed by atoms with Gasteiger partial charge >= 0.3 is 0 Å². The molecule has 5 heteroatoms. The minimum atomic E-state index is 0.169. The van der Waals surface area contributed by atoms with Crippen molar-refractivity contribution in [3.63, 3.8) is 0 Å². The molecule has 0 saturated carbocycles. The van der Waals surface area contributed by atoms with E-state index in [0.717, 1.165) is 31.8 Å². The van der Waals surface area contributed by atoms with Crippen LogP contribution in [0.3, 0.4) is 0 Å². The van der Waals surface area contributed by atoms with Crippen LogP contribution in [0.15, 0.2) is 30.6 Å². The fraction of sp³-hybridized carbons (Fsp3) is 0.526. The van der Waals surface area contributed by atoms with E-state index in [1.165, 1.54) is 11.1 Å². The van der Waals surface area contributed by atoms with Crippen LogP contribution in [0.5, 0.6) is 0 Å². The first-order chi connectivity index (χ1) is 11.6. The Morgan fingerprint density at radius 1 is 1.17 bits per heavy atom. The van der Waals surface area contributed by atoms with Crippen molar-refractivity contribution in [3.8, 4) is 0 Å². The molecule has 0 N–H and O–H groups in total. The molecule has 1 amide bonds. The largest absolute Gasteiger partial charge is 0.342 e. The normalized spacial score (nSPS) is 21.0.